The summed E-state index contributed by atoms with van der Waals surface area (Å²) in [4.78, 5) is 34.9. The third kappa shape index (κ3) is 3.48. The van der Waals surface area contributed by atoms with Crippen molar-refractivity contribution in [3.8, 4) is 11.1 Å². The number of ether oxygens (including phenoxy) is 1. The van der Waals surface area contributed by atoms with Crippen LogP contribution < -0.4 is 5.32 Å². The van der Waals surface area contributed by atoms with Crippen LogP contribution in [0.4, 0.5) is 10.5 Å². The van der Waals surface area contributed by atoms with Crippen LogP contribution in [-0.4, -0.2) is 34.9 Å². The molecule has 30 heavy (non-hydrogen) atoms. The summed E-state index contributed by atoms with van der Waals surface area (Å²) in [5, 5.41) is 20.8. The summed E-state index contributed by atoms with van der Waals surface area (Å²) in [7, 11) is 0. The third-order valence-electron chi connectivity index (χ3n) is 5.08. The number of nitrogens with one attached hydrogen (secondary N) is 1. The Bertz CT molecular complexity index is 1120. The van der Waals surface area contributed by atoms with Gasteiger partial charge in [0.2, 0.25) is 0 Å². The van der Waals surface area contributed by atoms with Crippen LogP contribution in [0, 0.1) is 0 Å². The highest BCUT2D eigenvalue weighted by atomic mass is 16.5. The Balaban J connectivity index is 1.53. The minimum absolute atomic E-state index is 0.0564. The summed E-state index contributed by atoms with van der Waals surface area (Å²) in [6.07, 6.45) is -0.859. The maximum absolute atomic E-state index is 12.4. The SMILES string of the molecule is O=C(Nc1cc(C(=O)O)ccc1C(=O)O)OCC1c2ccccc2-c2ccccc21. The van der Waals surface area contributed by atoms with Gasteiger partial charge in [-0.25, -0.2) is 14.4 Å². The molecule has 3 aromatic carbocycles. The number of carbonyl (C=O) groups is 3. The van der Waals surface area contributed by atoms with E-state index in [4.69, 9.17) is 9.84 Å². The lowest BCUT2D eigenvalue weighted by atomic mass is 9.98. The highest BCUT2D eigenvalue weighted by molar-refractivity contribution is 6.01. The molecular formula is C23H17NO6. The monoisotopic (exact) mass is 403 g/mol. The Morgan fingerprint density at radius 2 is 1.43 bits per heavy atom. The molecule has 150 valence electrons. The van der Waals surface area contributed by atoms with Crippen LogP contribution in [0.5, 0.6) is 0 Å². The molecule has 0 aromatic heterocycles. The number of amides is 1. The zero-order valence-electron chi connectivity index (χ0n) is 15.7. The molecule has 0 unspecified atom stereocenters. The number of rotatable bonds is 5. The van der Waals surface area contributed by atoms with Crippen molar-refractivity contribution in [3.05, 3.63) is 89.0 Å². The molecule has 1 aliphatic rings. The van der Waals surface area contributed by atoms with Gasteiger partial charge in [-0.1, -0.05) is 48.5 Å². The first-order valence-electron chi connectivity index (χ1n) is 9.18. The van der Waals surface area contributed by atoms with Gasteiger partial charge < -0.3 is 14.9 Å². The van der Waals surface area contributed by atoms with Crippen LogP contribution in [-0.2, 0) is 4.74 Å². The Labute approximate surface area is 171 Å². The summed E-state index contributed by atoms with van der Waals surface area (Å²) >= 11 is 0. The molecule has 0 saturated carbocycles. The van der Waals surface area contributed by atoms with Gasteiger partial charge in [0.05, 0.1) is 16.8 Å². The summed E-state index contributed by atoms with van der Waals surface area (Å²) in [5.74, 6) is -2.67. The van der Waals surface area contributed by atoms with Gasteiger partial charge in [0.1, 0.15) is 6.61 Å². The maximum atomic E-state index is 12.4. The first-order chi connectivity index (χ1) is 14.5. The van der Waals surface area contributed by atoms with Gasteiger partial charge in [-0.3, -0.25) is 5.32 Å². The van der Waals surface area contributed by atoms with E-state index in [0.717, 1.165) is 40.5 Å². The molecule has 4 rings (SSSR count). The van der Waals surface area contributed by atoms with Crippen LogP contribution in [0.15, 0.2) is 66.7 Å². The number of fused-ring (bicyclic) bond motifs is 3. The van der Waals surface area contributed by atoms with Crippen molar-refractivity contribution in [1.29, 1.82) is 0 Å². The molecule has 1 amide bonds. The lowest BCUT2D eigenvalue weighted by molar-refractivity contribution is 0.0682. The average Bonchev–Trinajstić information content (AvgIpc) is 3.06. The van der Waals surface area contributed by atoms with Crippen molar-refractivity contribution in [2.24, 2.45) is 0 Å². The fourth-order valence-electron chi connectivity index (χ4n) is 3.71. The molecule has 0 spiro atoms. The van der Waals surface area contributed by atoms with Crippen molar-refractivity contribution in [1.82, 2.24) is 0 Å². The van der Waals surface area contributed by atoms with Gasteiger partial charge in [0.15, 0.2) is 0 Å². The van der Waals surface area contributed by atoms with E-state index in [1.807, 2.05) is 48.5 Å². The molecule has 0 fully saturated rings. The predicted molar refractivity (Wildman–Crippen MR) is 109 cm³/mol. The molecule has 7 heteroatoms. The topological polar surface area (TPSA) is 113 Å². The number of anilines is 1. The molecule has 0 aliphatic heterocycles. The van der Waals surface area contributed by atoms with E-state index < -0.39 is 18.0 Å². The van der Waals surface area contributed by atoms with E-state index in [1.54, 1.807) is 0 Å². The second kappa shape index (κ2) is 7.71. The molecule has 7 nitrogen and oxygen atoms in total. The van der Waals surface area contributed by atoms with Crippen LogP contribution in [0.2, 0.25) is 0 Å². The second-order valence-corrected chi connectivity index (χ2v) is 6.82. The van der Waals surface area contributed by atoms with Crippen molar-refractivity contribution in [2.75, 3.05) is 11.9 Å². The number of aromatic carboxylic acids is 2. The second-order valence-electron chi connectivity index (χ2n) is 6.82. The highest BCUT2D eigenvalue weighted by Gasteiger charge is 2.29. The van der Waals surface area contributed by atoms with E-state index >= 15 is 0 Å². The molecule has 3 N–H and O–H groups in total. The summed E-state index contributed by atoms with van der Waals surface area (Å²) in [6, 6.07) is 19.1. The van der Waals surface area contributed by atoms with Crippen molar-refractivity contribution < 1.29 is 29.3 Å². The number of carboxylic acids is 2. The molecule has 1 aliphatic carbocycles. The van der Waals surface area contributed by atoms with E-state index in [1.165, 1.54) is 0 Å². The smallest absolute Gasteiger partial charge is 0.411 e. The Morgan fingerprint density at radius 1 is 0.833 bits per heavy atom. The zero-order chi connectivity index (χ0) is 21.3. The van der Waals surface area contributed by atoms with Crippen molar-refractivity contribution in [2.45, 2.75) is 5.92 Å². The zero-order valence-corrected chi connectivity index (χ0v) is 15.7. The van der Waals surface area contributed by atoms with Crippen LogP contribution >= 0.6 is 0 Å². The largest absolute Gasteiger partial charge is 0.478 e. The van der Waals surface area contributed by atoms with Gasteiger partial charge in [-0.05, 0) is 40.5 Å². The van der Waals surface area contributed by atoms with Crippen LogP contribution in [0.25, 0.3) is 11.1 Å². The number of hydrogen-bond donors (Lipinski definition) is 3. The fourth-order valence-corrected chi connectivity index (χ4v) is 3.71. The molecule has 0 bridgehead atoms. The number of carbonyl (C=O) groups excluding carboxylic acids is 1. The molecule has 0 saturated heterocycles. The maximum Gasteiger partial charge on any atom is 0.411 e. The number of benzene rings is 3. The summed E-state index contributed by atoms with van der Waals surface area (Å²) in [6.45, 7) is 0.0564. The lowest BCUT2D eigenvalue weighted by Gasteiger charge is -2.15. The van der Waals surface area contributed by atoms with Crippen molar-refractivity contribution >= 4 is 23.7 Å². The lowest BCUT2D eigenvalue weighted by Crippen LogP contribution is -2.19. The van der Waals surface area contributed by atoms with Crippen LogP contribution in [0.1, 0.15) is 37.8 Å². The van der Waals surface area contributed by atoms with Crippen LogP contribution in [0.3, 0.4) is 0 Å². The Morgan fingerprint density at radius 3 is 2.00 bits per heavy atom. The minimum atomic E-state index is -1.29. The van der Waals surface area contributed by atoms with Gasteiger partial charge in [0.25, 0.3) is 0 Å². The third-order valence-corrected chi connectivity index (χ3v) is 5.08. The molecule has 3 aromatic rings. The van der Waals surface area contributed by atoms with E-state index in [2.05, 4.69) is 5.32 Å². The standard InChI is InChI=1S/C23H17NO6/c25-21(26)13-9-10-18(22(27)28)20(11-13)24-23(29)30-12-19-16-7-3-1-5-14(16)15-6-2-4-8-17(15)19/h1-11,19H,12H2,(H,24,29)(H,25,26)(H,27,28). The highest BCUT2D eigenvalue weighted by Crippen LogP contribution is 2.44. The fraction of sp³-hybridized carbons (Fsp3) is 0.0870. The molecular weight excluding hydrogens is 386 g/mol. The molecule has 0 radical (unpaired) electrons. The predicted octanol–water partition coefficient (Wildman–Crippen LogP) is 4.44. The molecule has 0 heterocycles. The molecule has 0 atom stereocenters. The number of hydrogen-bond acceptors (Lipinski definition) is 4. The van der Waals surface area contributed by atoms with Crippen molar-refractivity contribution in [3.63, 3.8) is 0 Å². The van der Waals surface area contributed by atoms with E-state index in [9.17, 15) is 19.5 Å². The number of carboxylic acid groups (broad SMARTS) is 2. The normalized spacial score (nSPS) is 12.0. The average molecular weight is 403 g/mol. The van der Waals surface area contributed by atoms with E-state index in [-0.39, 0.29) is 29.3 Å². The van der Waals surface area contributed by atoms with E-state index in [0.29, 0.717) is 0 Å². The van der Waals surface area contributed by atoms with Gasteiger partial charge in [-0.2, -0.15) is 0 Å². The Hall–Kier alpha value is -4.13. The van der Waals surface area contributed by atoms with Gasteiger partial charge in [0, 0.05) is 5.92 Å². The first kappa shape index (κ1) is 19.2. The van der Waals surface area contributed by atoms with Gasteiger partial charge >= 0.3 is 18.0 Å². The first-order valence-corrected chi connectivity index (χ1v) is 9.18. The summed E-state index contributed by atoms with van der Waals surface area (Å²) in [5.41, 5.74) is 3.76. The quantitative estimate of drug-likeness (QED) is 0.580. The summed E-state index contributed by atoms with van der Waals surface area (Å²) < 4.78 is 5.39. The Kier molecular flexibility index (Phi) is 4.93. The minimum Gasteiger partial charge on any atom is -0.478 e. The van der Waals surface area contributed by atoms with Gasteiger partial charge in [-0.15, -0.1) is 0 Å².